The first-order chi connectivity index (χ1) is 14.4. The lowest BCUT2D eigenvalue weighted by Crippen LogP contribution is -2.44. The van der Waals surface area contributed by atoms with Crippen molar-refractivity contribution < 1.29 is 24.5 Å². The Morgan fingerprint density at radius 1 is 1.07 bits per heavy atom. The number of alkyl carbamates (subject to hydrolysis) is 1. The summed E-state index contributed by atoms with van der Waals surface area (Å²) in [6, 6.07) is 17.4. The summed E-state index contributed by atoms with van der Waals surface area (Å²) in [6.45, 7) is 3.28. The van der Waals surface area contributed by atoms with E-state index in [-0.39, 0.29) is 6.42 Å². The molecule has 6 heteroatoms. The summed E-state index contributed by atoms with van der Waals surface area (Å²) in [6.07, 6.45) is 1.62. The van der Waals surface area contributed by atoms with E-state index < -0.39 is 30.1 Å². The highest BCUT2D eigenvalue weighted by Crippen LogP contribution is 2.26. The number of nitrogens with one attached hydrogen (secondary N) is 1. The average Bonchev–Trinajstić information content (AvgIpc) is 2.74. The molecule has 3 N–H and O–H groups in total. The van der Waals surface area contributed by atoms with Gasteiger partial charge in [-0.05, 0) is 42.9 Å². The highest BCUT2D eigenvalue weighted by Gasteiger charge is 2.36. The first kappa shape index (κ1) is 23.4. The maximum Gasteiger partial charge on any atom is 0.407 e. The van der Waals surface area contributed by atoms with Gasteiger partial charge >= 0.3 is 12.1 Å². The third-order valence-corrected chi connectivity index (χ3v) is 5.16. The number of hydrogen-bond donors (Lipinski definition) is 3. The molecule has 162 valence electrons. The highest BCUT2D eigenvalue weighted by molar-refractivity contribution is 5.74. The summed E-state index contributed by atoms with van der Waals surface area (Å²) >= 11 is 0. The quantitative estimate of drug-likeness (QED) is 0.478. The number of aliphatic carboxylic acids is 1. The van der Waals surface area contributed by atoms with E-state index >= 15 is 0 Å². The van der Waals surface area contributed by atoms with E-state index in [0.29, 0.717) is 13.0 Å². The monoisotopic (exact) mass is 413 g/mol. The van der Waals surface area contributed by atoms with Crippen molar-refractivity contribution in [2.75, 3.05) is 13.2 Å². The molecule has 0 saturated carbocycles. The number of amides is 1. The Morgan fingerprint density at radius 3 is 2.27 bits per heavy atom. The van der Waals surface area contributed by atoms with Crippen LogP contribution in [0.4, 0.5) is 4.79 Å². The molecule has 0 radical (unpaired) electrons. The van der Waals surface area contributed by atoms with Crippen LogP contribution >= 0.6 is 0 Å². The number of rotatable bonds is 11. The molecule has 0 spiro atoms. The Morgan fingerprint density at radius 2 is 1.70 bits per heavy atom. The Bertz CT molecular complexity index is 806. The van der Waals surface area contributed by atoms with Crippen LogP contribution in [-0.4, -0.2) is 41.5 Å². The van der Waals surface area contributed by atoms with Crippen molar-refractivity contribution >= 4 is 12.1 Å². The van der Waals surface area contributed by atoms with Crippen molar-refractivity contribution in [3.8, 4) is 11.1 Å². The van der Waals surface area contributed by atoms with Crippen molar-refractivity contribution in [1.82, 2.24) is 5.32 Å². The number of carboxylic acids is 1. The summed E-state index contributed by atoms with van der Waals surface area (Å²) in [5, 5.41) is 21.9. The minimum atomic E-state index is -1.36. The number of aliphatic hydroxyl groups excluding tert-OH is 1. The first-order valence-corrected chi connectivity index (χ1v) is 10.3. The van der Waals surface area contributed by atoms with Crippen molar-refractivity contribution in [3.05, 3.63) is 60.2 Å². The Kier molecular flexibility index (Phi) is 8.87. The van der Waals surface area contributed by atoms with Gasteiger partial charge in [-0.15, -0.1) is 0 Å². The van der Waals surface area contributed by atoms with Gasteiger partial charge in [-0.25, -0.2) is 4.79 Å². The van der Waals surface area contributed by atoms with Crippen LogP contribution in [-0.2, 0) is 16.0 Å². The smallest absolute Gasteiger partial charge is 0.407 e. The normalized spacial score (nSPS) is 13.8. The fourth-order valence-corrected chi connectivity index (χ4v) is 3.20. The minimum Gasteiger partial charge on any atom is -0.481 e. The molecule has 6 nitrogen and oxygen atoms in total. The van der Waals surface area contributed by atoms with Gasteiger partial charge in [0.1, 0.15) is 0 Å². The van der Waals surface area contributed by atoms with Crippen molar-refractivity contribution in [2.45, 2.75) is 45.6 Å². The largest absolute Gasteiger partial charge is 0.481 e. The predicted molar refractivity (Wildman–Crippen MR) is 116 cm³/mol. The van der Waals surface area contributed by atoms with Gasteiger partial charge in [0.15, 0.2) is 0 Å². The van der Waals surface area contributed by atoms with Crippen molar-refractivity contribution in [2.24, 2.45) is 5.41 Å². The van der Waals surface area contributed by atoms with Crippen molar-refractivity contribution in [3.63, 3.8) is 0 Å². The second-order valence-electron chi connectivity index (χ2n) is 7.83. The molecule has 0 aliphatic heterocycles. The molecule has 0 aromatic heterocycles. The number of carbonyl (C=O) groups is 2. The van der Waals surface area contributed by atoms with E-state index in [1.54, 1.807) is 0 Å². The molecule has 1 amide bonds. The third-order valence-electron chi connectivity index (χ3n) is 5.16. The van der Waals surface area contributed by atoms with Gasteiger partial charge in [0.25, 0.3) is 0 Å². The topological polar surface area (TPSA) is 95.9 Å². The molecule has 0 saturated heterocycles. The van der Waals surface area contributed by atoms with E-state index in [1.807, 2.05) is 61.5 Å². The molecule has 0 fully saturated rings. The SMILES string of the molecule is CCCCOC(=O)NC(Cc1ccc(-c2ccccc2)cc1)CC(C)(CO)C(=O)O. The zero-order chi connectivity index (χ0) is 22.0. The molecule has 0 bridgehead atoms. The maximum absolute atomic E-state index is 12.2. The molecule has 0 aliphatic carbocycles. The number of unbranched alkanes of at least 4 members (excludes halogenated alkanes) is 1. The number of carboxylic acid groups (broad SMARTS) is 1. The van der Waals surface area contributed by atoms with Crippen LogP contribution in [0, 0.1) is 5.41 Å². The number of benzene rings is 2. The lowest BCUT2D eigenvalue weighted by atomic mass is 9.82. The Hall–Kier alpha value is -2.86. The third kappa shape index (κ3) is 6.88. The van der Waals surface area contributed by atoms with Gasteiger partial charge in [0.2, 0.25) is 0 Å². The zero-order valence-electron chi connectivity index (χ0n) is 17.6. The number of aliphatic hydroxyl groups is 1. The molecule has 0 heterocycles. The number of ether oxygens (including phenoxy) is 1. The van der Waals surface area contributed by atoms with Crippen LogP contribution in [0.5, 0.6) is 0 Å². The summed E-state index contributed by atoms with van der Waals surface area (Å²) in [5.41, 5.74) is 1.79. The Balaban J connectivity index is 2.13. The number of carbonyl (C=O) groups excluding carboxylic acids is 1. The first-order valence-electron chi connectivity index (χ1n) is 10.3. The van der Waals surface area contributed by atoms with Gasteiger partial charge in [-0.1, -0.05) is 67.9 Å². The second-order valence-corrected chi connectivity index (χ2v) is 7.83. The molecule has 2 unspecified atom stereocenters. The summed E-state index contributed by atoms with van der Waals surface area (Å²) in [5.74, 6) is -1.10. The van der Waals surface area contributed by atoms with Gasteiger partial charge in [0.05, 0.1) is 18.6 Å². The zero-order valence-corrected chi connectivity index (χ0v) is 17.6. The fourth-order valence-electron chi connectivity index (χ4n) is 3.20. The highest BCUT2D eigenvalue weighted by atomic mass is 16.5. The van der Waals surface area contributed by atoms with Crippen LogP contribution < -0.4 is 5.32 Å². The van der Waals surface area contributed by atoms with Crippen LogP contribution in [0.25, 0.3) is 11.1 Å². The number of hydrogen-bond acceptors (Lipinski definition) is 4. The standard InChI is InChI=1S/C24H31NO5/c1-3-4-14-30-23(29)25-21(16-24(2,17-26)22(27)28)15-18-10-12-20(13-11-18)19-8-6-5-7-9-19/h5-13,21,26H,3-4,14-17H2,1-2H3,(H,25,29)(H,27,28). The lowest BCUT2D eigenvalue weighted by Gasteiger charge is -2.28. The van der Waals surface area contributed by atoms with Gasteiger partial charge < -0.3 is 20.3 Å². The molecule has 30 heavy (non-hydrogen) atoms. The fraction of sp³-hybridized carbons (Fsp3) is 0.417. The molecule has 2 aromatic rings. The average molecular weight is 414 g/mol. The molecular formula is C24H31NO5. The van der Waals surface area contributed by atoms with E-state index in [1.165, 1.54) is 6.92 Å². The van der Waals surface area contributed by atoms with E-state index in [0.717, 1.165) is 29.5 Å². The van der Waals surface area contributed by atoms with Gasteiger partial charge in [0, 0.05) is 6.04 Å². The van der Waals surface area contributed by atoms with Gasteiger partial charge in [-0.3, -0.25) is 4.79 Å². The maximum atomic E-state index is 12.2. The van der Waals surface area contributed by atoms with Crippen molar-refractivity contribution in [1.29, 1.82) is 0 Å². The Labute approximate surface area is 177 Å². The second kappa shape index (κ2) is 11.4. The van der Waals surface area contributed by atoms with E-state index in [4.69, 9.17) is 4.74 Å². The van der Waals surface area contributed by atoms with E-state index in [2.05, 4.69) is 5.32 Å². The molecule has 0 aliphatic rings. The van der Waals surface area contributed by atoms with Gasteiger partial charge in [-0.2, -0.15) is 0 Å². The lowest BCUT2D eigenvalue weighted by molar-refractivity contribution is -0.151. The molecule has 2 rings (SSSR count). The van der Waals surface area contributed by atoms with Crippen LogP contribution in [0.15, 0.2) is 54.6 Å². The van der Waals surface area contributed by atoms with Crippen LogP contribution in [0.3, 0.4) is 0 Å². The summed E-state index contributed by atoms with van der Waals surface area (Å²) in [7, 11) is 0. The van der Waals surface area contributed by atoms with E-state index in [9.17, 15) is 19.8 Å². The predicted octanol–water partition coefficient (Wildman–Crippen LogP) is 4.26. The van der Waals surface area contributed by atoms with Crippen LogP contribution in [0.2, 0.25) is 0 Å². The summed E-state index contributed by atoms with van der Waals surface area (Å²) < 4.78 is 5.18. The molecular weight excluding hydrogens is 382 g/mol. The minimum absolute atomic E-state index is 0.0855. The summed E-state index contributed by atoms with van der Waals surface area (Å²) in [4.78, 5) is 23.8. The molecule has 2 atom stereocenters. The molecule has 2 aromatic carbocycles. The van der Waals surface area contributed by atoms with Crippen LogP contribution in [0.1, 0.15) is 38.7 Å².